The Kier molecular flexibility index (Phi) is 5.33. The third-order valence-corrected chi connectivity index (χ3v) is 6.54. The lowest BCUT2D eigenvalue weighted by Gasteiger charge is -2.51. The molecule has 178 valence electrons. The van der Waals surface area contributed by atoms with Crippen LogP contribution in [0.15, 0.2) is 42.5 Å². The summed E-state index contributed by atoms with van der Waals surface area (Å²) < 4.78 is 22.5. The second kappa shape index (κ2) is 8.11. The number of imide groups is 1. The number of rotatable bonds is 6. The molecule has 0 aliphatic carbocycles. The van der Waals surface area contributed by atoms with Gasteiger partial charge in [-0.15, -0.1) is 0 Å². The SMILES string of the molecule is COc1ccc(CN2C(=O)[C@@H](N3C(=O)c4ccccc4C3=O)[C@H]2[C@@H]2COC(C)(C)O2)cc1OC. The molecule has 2 saturated heterocycles. The van der Waals surface area contributed by atoms with Crippen molar-refractivity contribution in [3.05, 3.63) is 59.2 Å². The van der Waals surface area contributed by atoms with Gasteiger partial charge in [0.25, 0.3) is 11.8 Å². The Morgan fingerprint density at radius 2 is 1.62 bits per heavy atom. The minimum absolute atomic E-state index is 0.243. The van der Waals surface area contributed by atoms with Crippen LogP contribution < -0.4 is 9.47 Å². The molecule has 3 heterocycles. The quantitative estimate of drug-likeness (QED) is 0.476. The zero-order valence-electron chi connectivity index (χ0n) is 19.4. The minimum atomic E-state index is -0.963. The monoisotopic (exact) mass is 466 g/mol. The average Bonchev–Trinajstić information content (AvgIpc) is 3.31. The van der Waals surface area contributed by atoms with E-state index in [0.717, 1.165) is 10.5 Å². The summed E-state index contributed by atoms with van der Waals surface area (Å²) in [6.45, 7) is 4.09. The van der Waals surface area contributed by atoms with Gasteiger partial charge in [-0.05, 0) is 43.7 Å². The summed E-state index contributed by atoms with van der Waals surface area (Å²) in [4.78, 5) is 42.4. The Bertz CT molecular complexity index is 1140. The summed E-state index contributed by atoms with van der Waals surface area (Å²) in [6.07, 6.45) is -0.498. The summed E-state index contributed by atoms with van der Waals surface area (Å²) in [5.41, 5.74) is 1.43. The highest BCUT2D eigenvalue weighted by molar-refractivity contribution is 6.23. The van der Waals surface area contributed by atoms with Crippen molar-refractivity contribution in [2.75, 3.05) is 20.8 Å². The highest BCUT2D eigenvalue weighted by atomic mass is 16.7. The third kappa shape index (κ3) is 3.43. The maximum Gasteiger partial charge on any atom is 0.262 e. The zero-order chi connectivity index (χ0) is 24.2. The van der Waals surface area contributed by atoms with Gasteiger partial charge in [-0.2, -0.15) is 0 Å². The van der Waals surface area contributed by atoms with Crippen LogP contribution in [0.2, 0.25) is 0 Å². The molecule has 3 aliphatic rings. The number of ether oxygens (including phenoxy) is 4. The van der Waals surface area contributed by atoms with Crippen LogP contribution >= 0.6 is 0 Å². The molecule has 0 radical (unpaired) electrons. The molecular weight excluding hydrogens is 440 g/mol. The summed E-state index contributed by atoms with van der Waals surface area (Å²) in [5, 5.41) is 0. The summed E-state index contributed by atoms with van der Waals surface area (Å²) in [6, 6.07) is 10.5. The lowest BCUT2D eigenvalue weighted by atomic mass is 9.88. The predicted molar refractivity (Wildman–Crippen MR) is 120 cm³/mol. The van der Waals surface area contributed by atoms with Gasteiger partial charge in [0.2, 0.25) is 5.91 Å². The number of hydrogen-bond donors (Lipinski definition) is 0. The first kappa shape index (κ1) is 22.4. The smallest absolute Gasteiger partial charge is 0.262 e. The van der Waals surface area contributed by atoms with Gasteiger partial charge in [-0.1, -0.05) is 18.2 Å². The minimum Gasteiger partial charge on any atom is -0.493 e. The highest BCUT2D eigenvalue weighted by Gasteiger charge is 2.60. The molecule has 0 spiro atoms. The molecule has 0 saturated carbocycles. The van der Waals surface area contributed by atoms with Crippen LogP contribution in [0.1, 0.15) is 40.1 Å². The molecule has 0 bridgehead atoms. The van der Waals surface area contributed by atoms with E-state index in [9.17, 15) is 14.4 Å². The number of nitrogens with zero attached hydrogens (tertiary/aromatic N) is 2. The zero-order valence-corrected chi connectivity index (χ0v) is 19.4. The molecule has 3 aliphatic heterocycles. The number of fused-ring (bicyclic) bond motifs is 1. The van der Waals surface area contributed by atoms with Crippen LogP contribution in [0.3, 0.4) is 0 Å². The predicted octanol–water partition coefficient (Wildman–Crippen LogP) is 2.23. The second-order valence-corrected chi connectivity index (χ2v) is 8.98. The number of carbonyl (C=O) groups is 3. The van der Waals surface area contributed by atoms with E-state index in [-0.39, 0.29) is 19.1 Å². The second-order valence-electron chi connectivity index (χ2n) is 8.98. The Morgan fingerprint density at radius 3 is 2.18 bits per heavy atom. The summed E-state index contributed by atoms with van der Waals surface area (Å²) in [7, 11) is 3.10. The van der Waals surface area contributed by atoms with Crippen molar-refractivity contribution in [1.82, 2.24) is 9.80 Å². The lowest BCUT2D eigenvalue weighted by Crippen LogP contribution is -2.74. The van der Waals surface area contributed by atoms with Crippen LogP contribution in [0.25, 0.3) is 0 Å². The van der Waals surface area contributed by atoms with Crippen LogP contribution in [0.5, 0.6) is 11.5 Å². The Morgan fingerprint density at radius 1 is 0.971 bits per heavy atom. The summed E-state index contributed by atoms with van der Waals surface area (Å²) in [5.74, 6) is -0.951. The number of hydrogen-bond acceptors (Lipinski definition) is 7. The van der Waals surface area contributed by atoms with E-state index in [2.05, 4.69) is 0 Å². The third-order valence-electron chi connectivity index (χ3n) is 6.54. The molecule has 5 rings (SSSR count). The lowest BCUT2D eigenvalue weighted by molar-refractivity contribution is -0.179. The van der Waals surface area contributed by atoms with Crippen molar-refractivity contribution >= 4 is 17.7 Å². The largest absolute Gasteiger partial charge is 0.493 e. The fourth-order valence-electron chi connectivity index (χ4n) is 4.92. The fraction of sp³-hybridized carbons (Fsp3) is 0.400. The van der Waals surface area contributed by atoms with E-state index in [0.29, 0.717) is 22.6 Å². The normalized spacial score (nSPS) is 25.4. The van der Waals surface area contributed by atoms with Gasteiger partial charge in [0.15, 0.2) is 17.3 Å². The van der Waals surface area contributed by atoms with Crippen molar-refractivity contribution in [1.29, 1.82) is 0 Å². The molecule has 2 aromatic rings. The van der Waals surface area contributed by atoms with E-state index in [4.69, 9.17) is 18.9 Å². The number of likely N-dealkylation sites (tertiary alicyclic amines) is 1. The van der Waals surface area contributed by atoms with E-state index in [1.54, 1.807) is 69.4 Å². The van der Waals surface area contributed by atoms with E-state index >= 15 is 0 Å². The van der Waals surface area contributed by atoms with Crippen molar-refractivity contribution in [3.63, 3.8) is 0 Å². The molecule has 3 amide bonds. The Labute approximate surface area is 197 Å². The van der Waals surface area contributed by atoms with E-state index in [1.807, 2.05) is 6.07 Å². The van der Waals surface area contributed by atoms with Crippen molar-refractivity contribution in [3.8, 4) is 11.5 Å². The number of carbonyl (C=O) groups excluding carboxylic acids is 3. The fourth-order valence-corrected chi connectivity index (χ4v) is 4.92. The first-order chi connectivity index (χ1) is 16.3. The summed E-state index contributed by atoms with van der Waals surface area (Å²) >= 11 is 0. The van der Waals surface area contributed by atoms with Crippen molar-refractivity contribution in [2.45, 2.75) is 44.4 Å². The van der Waals surface area contributed by atoms with Crippen molar-refractivity contribution < 1.29 is 33.3 Å². The first-order valence-corrected chi connectivity index (χ1v) is 11.1. The molecular formula is C25H26N2O7. The van der Waals surface area contributed by atoms with Crippen LogP contribution in [0.4, 0.5) is 0 Å². The van der Waals surface area contributed by atoms with E-state index < -0.39 is 35.8 Å². The first-order valence-electron chi connectivity index (χ1n) is 11.1. The number of amides is 3. The van der Waals surface area contributed by atoms with Crippen LogP contribution in [-0.2, 0) is 20.8 Å². The van der Waals surface area contributed by atoms with Gasteiger partial charge >= 0.3 is 0 Å². The molecule has 9 heteroatoms. The van der Waals surface area contributed by atoms with Gasteiger partial charge < -0.3 is 23.8 Å². The topological polar surface area (TPSA) is 94.6 Å². The molecule has 3 atom stereocenters. The highest BCUT2D eigenvalue weighted by Crippen LogP contribution is 2.39. The molecule has 0 N–H and O–H groups in total. The molecule has 0 unspecified atom stereocenters. The number of β-lactam (4-membered cyclic amide) rings is 1. The van der Waals surface area contributed by atoms with Gasteiger partial charge in [-0.3, -0.25) is 19.3 Å². The van der Waals surface area contributed by atoms with Crippen LogP contribution in [0, 0.1) is 0 Å². The van der Waals surface area contributed by atoms with Gasteiger partial charge in [0, 0.05) is 6.54 Å². The standard InChI is InChI=1S/C25H26N2O7/c1-25(2)33-13-19(34-25)20-21(27-22(28)15-7-5-6-8-16(15)23(27)29)24(30)26(20)12-14-9-10-17(31-3)18(11-14)32-4/h5-11,19-21H,12-13H2,1-4H3/t19-,20+,21-/m0/s1. The Balaban J connectivity index is 1.46. The van der Waals surface area contributed by atoms with E-state index in [1.165, 1.54) is 0 Å². The van der Waals surface area contributed by atoms with Gasteiger partial charge in [0.05, 0.1) is 38.0 Å². The maximum atomic E-state index is 13.4. The number of benzene rings is 2. The molecule has 2 aromatic carbocycles. The van der Waals surface area contributed by atoms with Crippen LogP contribution in [-0.4, -0.2) is 72.3 Å². The molecule has 2 fully saturated rings. The molecule has 9 nitrogen and oxygen atoms in total. The maximum absolute atomic E-state index is 13.4. The Hall–Kier alpha value is -3.43. The molecule has 34 heavy (non-hydrogen) atoms. The average molecular weight is 466 g/mol. The molecule has 0 aromatic heterocycles. The van der Waals surface area contributed by atoms with Gasteiger partial charge in [-0.25, -0.2) is 0 Å². The van der Waals surface area contributed by atoms with Crippen molar-refractivity contribution in [2.24, 2.45) is 0 Å². The number of methoxy groups -OCH3 is 2. The van der Waals surface area contributed by atoms with Gasteiger partial charge in [0.1, 0.15) is 12.1 Å².